The summed E-state index contributed by atoms with van der Waals surface area (Å²) in [7, 11) is 0. The Morgan fingerprint density at radius 1 is 1.30 bits per heavy atom. The fraction of sp³-hybridized carbons (Fsp3) is 0.125. The summed E-state index contributed by atoms with van der Waals surface area (Å²) in [6.45, 7) is 1.84. The van der Waals surface area contributed by atoms with Crippen LogP contribution >= 0.6 is 15.9 Å². The van der Waals surface area contributed by atoms with Crippen LogP contribution in [0.4, 0.5) is 0 Å². The third-order valence-corrected chi connectivity index (χ3v) is 3.62. The summed E-state index contributed by atoms with van der Waals surface area (Å²) in [5.41, 5.74) is 1.77. The Morgan fingerprint density at radius 2 is 2.05 bits per heavy atom. The molecular weight excluding hydrogens is 318 g/mol. The van der Waals surface area contributed by atoms with Crippen molar-refractivity contribution in [2.45, 2.75) is 13.5 Å². The molecule has 2 aromatic carbocycles. The molecule has 0 unspecified atom stereocenters. The molecule has 0 aliphatic heterocycles. The first-order valence-corrected chi connectivity index (χ1v) is 6.82. The number of ether oxygens (including phenoxy) is 1. The largest absolute Gasteiger partial charge is 0.489 e. The SMILES string of the molecule is CC(=O)c1ccc(OCc2ccccc2Br)cc1C#N. The maximum atomic E-state index is 11.4. The highest BCUT2D eigenvalue weighted by Gasteiger charge is 2.08. The number of benzene rings is 2. The molecule has 2 aromatic rings. The highest BCUT2D eigenvalue weighted by atomic mass is 79.9. The molecule has 0 heterocycles. The lowest BCUT2D eigenvalue weighted by Gasteiger charge is -2.09. The van der Waals surface area contributed by atoms with Gasteiger partial charge in [-0.25, -0.2) is 0 Å². The number of rotatable bonds is 4. The van der Waals surface area contributed by atoms with Gasteiger partial charge in [-0.2, -0.15) is 5.26 Å². The van der Waals surface area contributed by atoms with Crippen molar-refractivity contribution in [1.29, 1.82) is 5.26 Å². The van der Waals surface area contributed by atoms with Gasteiger partial charge in [-0.3, -0.25) is 4.79 Å². The Morgan fingerprint density at radius 3 is 2.70 bits per heavy atom. The van der Waals surface area contributed by atoms with Crippen molar-refractivity contribution in [3.05, 3.63) is 63.6 Å². The van der Waals surface area contributed by atoms with Crippen molar-refractivity contribution >= 4 is 21.7 Å². The lowest BCUT2D eigenvalue weighted by molar-refractivity contribution is 0.101. The first kappa shape index (κ1) is 14.3. The van der Waals surface area contributed by atoms with E-state index in [1.165, 1.54) is 6.92 Å². The highest BCUT2D eigenvalue weighted by Crippen LogP contribution is 2.21. The summed E-state index contributed by atoms with van der Waals surface area (Å²) >= 11 is 3.45. The van der Waals surface area contributed by atoms with E-state index in [4.69, 9.17) is 10.00 Å². The van der Waals surface area contributed by atoms with E-state index in [0.29, 0.717) is 23.5 Å². The first-order chi connectivity index (χ1) is 9.61. The zero-order valence-corrected chi connectivity index (χ0v) is 12.5. The van der Waals surface area contributed by atoms with Gasteiger partial charge in [0.1, 0.15) is 18.4 Å². The second kappa shape index (κ2) is 6.36. The molecule has 0 saturated carbocycles. The summed E-state index contributed by atoms with van der Waals surface area (Å²) in [5.74, 6) is 0.446. The van der Waals surface area contributed by atoms with Gasteiger partial charge in [0.2, 0.25) is 0 Å². The predicted octanol–water partition coefficient (Wildman–Crippen LogP) is 4.10. The van der Waals surface area contributed by atoms with Crippen LogP contribution in [0.5, 0.6) is 5.75 Å². The van der Waals surface area contributed by atoms with Crippen LogP contribution in [-0.4, -0.2) is 5.78 Å². The molecule has 0 spiro atoms. The number of ketones is 1. The molecule has 4 heteroatoms. The molecule has 0 aliphatic carbocycles. The Balaban J connectivity index is 2.17. The van der Waals surface area contributed by atoms with E-state index in [2.05, 4.69) is 15.9 Å². The molecule has 0 aliphatic rings. The fourth-order valence-electron chi connectivity index (χ4n) is 1.79. The zero-order chi connectivity index (χ0) is 14.5. The van der Waals surface area contributed by atoms with E-state index in [1.54, 1.807) is 18.2 Å². The average Bonchev–Trinajstić information content (AvgIpc) is 2.46. The highest BCUT2D eigenvalue weighted by molar-refractivity contribution is 9.10. The molecule has 0 bridgehead atoms. The summed E-state index contributed by atoms with van der Waals surface area (Å²) in [6, 6.07) is 14.7. The van der Waals surface area contributed by atoms with Crippen LogP contribution in [-0.2, 0) is 6.61 Å². The number of carbonyl (C=O) groups excluding carboxylic acids is 1. The number of hydrogen-bond acceptors (Lipinski definition) is 3. The maximum absolute atomic E-state index is 11.4. The number of nitrogens with zero attached hydrogens (tertiary/aromatic N) is 1. The number of Topliss-reactive ketones (excluding diaryl/α,β-unsaturated/α-hetero) is 1. The normalized spacial score (nSPS) is 9.85. The van der Waals surface area contributed by atoms with Crippen molar-refractivity contribution < 1.29 is 9.53 Å². The second-order valence-electron chi connectivity index (χ2n) is 4.26. The van der Waals surface area contributed by atoms with Crippen LogP contribution in [0.3, 0.4) is 0 Å². The van der Waals surface area contributed by atoms with Crippen molar-refractivity contribution in [2.24, 2.45) is 0 Å². The molecule has 0 N–H and O–H groups in total. The lowest BCUT2D eigenvalue weighted by atomic mass is 10.1. The van der Waals surface area contributed by atoms with Gasteiger partial charge in [0, 0.05) is 15.6 Å². The molecule has 0 fully saturated rings. The third kappa shape index (κ3) is 3.25. The van der Waals surface area contributed by atoms with E-state index in [9.17, 15) is 4.79 Å². The van der Waals surface area contributed by atoms with E-state index < -0.39 is 0 Å². The molecule has 0 atom stereocenters. The average molecular weight is 330 g/mol. The zero-order valence-electron chi connectivity index (χ0n) is 10.9. The Bertz CT molecular complexity index is 689. The molecule has 2 rings (SSSR count). The minimum Gasteiger partial charge on any atom is -0.489 e. The van der Waals surface area contributed by atoms with Gasteiger partial charge in [-0.15, -0.1) is 0 Å². The molecule has 0 amide bonds. The molecule has 0 radical (unpaired) electrons. The standard InChI is InChI=1S/C16H12BrNO2/c1-11(19)15-7-6-14(8-13(15)9-18)20-10-12-4-2-3-5-16(12)17/h2-8H,10H2,1H3. The molecule has 0 saturated heterocycles. The number of halogens is 1. The first-order valence-electron chi connectivity index (χ1n) is 6.03. The molecule has 100 valence electrons. The topological polar surface area (TPSA) is 50.1 Å². The smallest absolute Gasteiger partial charge is 0.161 e. The van der Waals surface area contributed by atoms with Crippen molar-refractivity contribution in [3.63, 3.8) is 0 Å². The number of hydrogen-bond donors (Lipinski definition) is 0. The van der Waals surface area contributed by atoms with E-state index >= 15 is 0 Å². The summed E-state index contributed by atoms with van der Waals surface area (Å²) < 4.78 is 6.63. The predicted molar refractivity (Wildman–Crippen MR) is 79.6 cm³/mol. The maximum Gasteiger partial charge on any atom is 0.161 e. The lowest BCUT2D eigenvalue weighted by Crippen LogP contribution is -2.00. The van der Waals surface area contributed by atoms with Gasteiger partial charge in [-0.1, -0.05) is 34.1 Å². The monoisotopic (exact) mass is 329 g/mol. The molecule has 0 aromatic heterocycles. The van der Waals surface area contributed by atoms with Gasteiger partial charge >= 0.3 is 0 Å². The van der Waals surface area contributed by atoms with Crippen LogP contribution in [0, 0.1) is 11.3 Å². The minimum atomic E-state index is -0.126. The van der Waals surface area contributed by atoms with Crippen molar-refractivity contribution in [2.75, 3.05) is 0 Å². The van der Waals surface area contributed by atoms with Crippen molar-refractivity contribution in [1.82, 2.24) is 0 Å². The van der Waals surface area contributed by atoms with Crippen LogP contribution in [0.15, 0.2) is 46.9 Å². The molecule has 20 heavy (non-hydrogen) atoms. The van der Waals surface area contributed by atoms with E-state index in [1.807, 2.05) is 30.3 Å². The Labute approximate surface area is 125 Å². The van der Waals surface area contributed by atoms with Crippen LogP contribution in [0.25, 0.3) is 0 Å². The summed E-state index contributed by atoms with van der Waals surface area (Å²) in [4.78, 5) is 11.4. The number of carbonyl (C=O) groups is 1. The molecular formula is C16H12BrNO2. The van der Waals surface area contributed by atoms with E-state index in [0.717, 1.165) is 10.0 Å². The Hall–Kier alpha value is -2.12. The van der Waals surface area contributed by atoms with Crippen LogP contribution < -0.4 is 4.74 Å². The summed E-state index contributed by atoms with van der Waals surface area (Å²) in [5, 5.41) is 9.06. The number of nitriles is 1. The minimum absolute atomic E-state index is 0.126. The Kier molecular flexibility index (Phi) is 4.54. The van der Waals surface area contributed by atoms with Gasteiger partial charge in [0.15, 0.2) is 5.78 Å². The van der Waals surface area contributed by atoms with Gasteiger partial charge in [0.25, 0.3) is 0 Å². The van der Waals surface area contributed by atoms with Gasteiger partial charge in [-0.05, 0) is 31.2 Å². The van der Waals surface area contributed by atoms with Gasteiger partial charge in [0.05, 0.1) is 5.56 Å². The third-order valence-electron chi connectivity index (χ3n) is 2.84. The van der Waals surface area contributed by atoms with Crippen LogP contribution in [0.2, 0.25) is 0 Å². The van der Waals surface area contributed by atoms with E-state index in [-0.39, 0.29) is 5.78 Å². The second-order valence-corrected chi connectivity index (χ2v) is 5.11. The summed E-state index contributed by atoms with van der Waals surface area (Å²) in [6.07, 6.45) is 0. The molecule has 3 nitrogen and oxygen atoms in total. The van der Waals surface area contributed by atoms with Crippen molar-refractivity contribution in [3.8, 4) is 11.8 Å². The fourth-order valence-corrected chi connectivity index (χ4v) is 2.19. The quantitative estimate of drug-likeness (QED) is 0.793. The van der Waals surface area contributed by atoms with Gasteiger partial charge < -0.3 is 4.74 Å². The van der Waals surface area contributed by atoms with Crippen LogP contribution in [0.1, 0.15) is 28.4 Å².